The van der Waals surface area contributed by atoms with Gasteiger partial charge in [0.2, 0.25) is 0 Å². The van der Waals surface area contributed by atoms with E-state index in [4.69, 9.17) is 0 Å². The number of rotatable bonds is 7. The molecule has 1 N–H and O–H groups in total. The molecule has 1 aliphatic carbocycles. The molecular formula is C17H27N. The highest BCUT2D eigenvalue weighted by molar-refractivity contribution is 5.27. The summed E-state index contributed by atoms with van der Waals surface area (Å²) < 4.78 is 0. The molecule has 0 radical (unpaired) electrons. The molecule has 1 saturated carbocycles. The van der Waals surface area contributed by atoms with Gasteiger partial charge in [0.25, 0.3) is 0 Å². The Bertz CT molecular complexity index is 352. The Morgan fingerprint density at radius 3 is 2.78 bits per heavy atom. The molecule has 0 heterocycles. The van der Waals surface area contributed by atoms with Gasteiger partial charge in [-0.1, -0.05) is 44.5 Å². The lowest BCUT2D eigenvalue weighted by molar-refractivity contribution is 0.419. The van der Waals surface area contributed by atoms with Gasteiger partial charge in [-0.2, -0.15) is 0 Å². The van der Waals surface area contributed by atoms with Crippen molar-refractivity contribution in [1.82, 2.24) is 5.32 Å². The van der Waals surface area contributed by atoms with Crippen LogP contribution in [0, 0.1) is 5.92 Å². The number of hydrogen-bond acceptors (Lipinski definition) is 1. The summed E-state index contributed by atoms with van der Waals surface area (Å²) in [5.41, 5.74) is 3.10. The number of hydrogen-bond donors (Lipinski definition) is 1. The molecule has 0 aliphatic heterocycles. The average molecular weight is 245 g/mol. The number of nitrogens with one attached hydrogen (secondary N) is 1. The summed E-state index contributed by atoms with van der Waals surface area (Å²) in [7, 11) is 0. The number of benzene rings is 1. The zero-order chi connectivity index (χ0) is 12.8. The van der Waals surface area contributed by atoms with Gasteiger partial charge in [-0.25, -0.2) is 0 Å². The summed E-state index contributed by atoms with van der Waals surface area (Å²) in [6, 6.07) is 9.27. The summed E-state index contributed by atoms with van der Waals surface area (Å²) in [4.78, 5) is 0. The first kappa shape index (κ1) is 13.6. The Morgan fingerprint density at radius 1 is 1.28 bits per heavy atom. The summed E-state index contributed by atoms with van der Waals surface area (Å²) >= 11 is 0. The zero-order valence-electron chi connectivity index (χ0n) is 11.9. The van der Waals surface area contributed by atoms with E-state index in [0.29, 0.717) is 0 Å². The SMILES string of the molecule is CC(C)CNCCCc1cccc(C2CCC2)c1. The van der Waals surface area contributed by atoms with Crippen LogP contribution in [0.15, 0.2) is 24.3 Å². The lowest BCUT2D eigenvalue weighted by Crippen LogP contribution is -2.21. The second-order valence-corrected chi connectivity index (χ2v) is 6.07. The van der Waals surface area contributed by atoms with Gasteiger partial charge in [0.1, 0.15) is 0 Å². The molecule has 1 nitrogen and oxygen atoms in total. The number of aryl methyl sites for hydroxylation is 1. The van der Waals surface area contributed by atoms with Crippen LogP contribution in [0.5, 0.6) is 0 Å². The average Bonchev–Trinajstić information content (AvgIpc) is 2.26. The van der Waals surface area contributed by atoms with Gasteiger partial charge in [0.15, 0.2) is 0 Å². The Morgan fingerprint density at radius 2 is 2.11 bits per heavy atom. The fourth-order valence-electron chi connectivity index (χ4n) is 2.55. The maximum atomic E-state index is 3.51. The Kier molecular flexibility index (Phi) is 5.25. The van der Waals surface area contributed by atoms with Gasteiger partial charge in [-0.05, 0) is 61.7 Å². The fourth-order valence-corrected chi connectivity index (χ4v) is 2.55. The van der Waals surface area contributed by atoms with Crippen LogP contribution in [0.1, 0.15) is 56.6 Å². The first-order valence-corrected chi connectivity index (χ1v) is 7.55. The molecule has 0 saturated heterocycles. The molecule has 0 amide bonds. The van der Waals surface area contributed by atoms with Gasteiger partial charge in [-0.3, -0.25) is 0 Å². The highest BCUT2D eigenvalue weighted by Gasteiger charge is 2.19. The van der Waals surface area contributed by atoms with Crippen LogP contribution in [0.2, 0.25) is 0 Å². The molecule has 100 valence electrons. The highest BCUT2D eigenvalue weighted by atomic mass is 14.8. The summed E-state index contributed by atoms with van der Waals surface area (Å²) in [5.74, 6) is 1.62. The van der Waals surface area contributed by atoms with Crippen LogP contribution >= 0.6 is 0 Å². The Balaban J connectivity index is 1.72. The largest absolute Gasteiger partial charge is 0.316 e. The molecule has 0 unspecified atom stereocenters. The van der Waals surface area contributed by atoms with E-state index < -0.39 is 0 Å². The van der Waals surface area contributed by atoms with Gasteiger partial charge in [0.05, 0.1) is 0 Å². The molecule has 0 aromatic heterocycles. The van der Waals surface area contributed by atoms with Gasteiger partial charge >= 0.3 is 0 Å². The second-order valence-electron chi connectivity index (χ2n) is 6.07. The van der Waals surface area contributed by atoms with E-state index in [9.17, 15) is 0 Å². The van der Waals surface area contributed by atoms with Crippen LogP contribution in [-0.2, 0) is 6.42 Å². The van der Waals surface area contributed by atoms with Crippen molar-refractivity contribution in [2.24, 2.45) is 5.92 Å². The first-order chi connectivity index (χ1) is 8.75. The molecule has 18 heavy (non-hydrogen) atoms. The third kappa shape index (κ3) is 4.13. The lowest BCUT2D eigenvalue weighted by atomic mass is 9.79. The van der Waals surface area contributed by atoms with Gasteiger partial charge in [-0.15, -0.1) is 0 Å². The van der Waals surface area contributed by atoms with Crippen molar-refractivity contribution >= 4 is 0 Å². The van der Waals surface area contributed by atoms with Gasteiger partial charge in [0, 0.05) is 0 Å². The first-order valence-electron chi connectivity index (χ1n) is 7.55. The van der Waals surface area contributed by atoms with E-state index in [2.05, 4.69) is 43.4 Å². The van der Waals surface area contributed by atoms with E-state index in [-0.39, 0.29) is 0 Å². The molecule has 0 spiro atoms. The van der Waals surface area contributed by atoms with E-state index in [1.165, 1.54) is 37.7 Å². The monoisotopic (exact) mass is 245 g/mol. The molecular weight excluding hydrogens is 218 g/mol. The Labute approximate surface area is 112 Å². The molecule has 2 rings (SSSR count). The minimum absolute atomic E-state index is 0.756. The molecule has 1 heteroatoms. The molecule has 1 fully saturated rings. The third-order valence-corrected chi connectivity index (χ3v) is 3.90. The van der Waals surface area contributed by atoms with E-state index in [0.717, 1.165) is 24.9 Å². The van der Waals surface area contributed by atoms with Crippen molar-refractivity contribution in [3.63, 3.8) is 0 Å². The maximum Gasteiger partial charge on any atom is -0.00258 e. The molecule has 1 aromatic rings. The topological polar surface area (TPSA) is 12.0 Å². The van der Waals surface area contributed by atoms with Crippen LogP contribution in [0.25, 0.3) is 0 Å². The summed E-state index contributed by atoms with van der Waals surface area (Å²) in [6.07, 6.45) is 6.69. The highest BCUT2D eigenvalue weighted by Crippen LogP contribution is 2.36. The standard InChI is InChI=1S/C17H27N/c1-14(2)13-18-11-5-7-15-6-3-10-17(12-15)16-8-4-9-16/h3,6,10,12,14,16,18H,4-5,7-9,11,13H2,1-2H3. The normalized spacial score (nSPS) is 15.9. The zero-order valence-corrected chi connectivity index (χ0v) is 11.9. The van der Waals surface area contributed by atoms with E-state index in [1.807, 2.05) is 0 Å². The molecule has 1 aliphatic rings. The summed E-state index contributed by atoms with van der Waals surface area (Å²) in [6.45, 7) is 6.80. The van der Waals surface area contributed by atoms with Crippen LogP contribution in [-0.4, -0.2) is 13.1 Å². The van der Waals surface area contributed by atoms with Crippen molar-refractivity contribution < 1.29 is 0 Å². The predicted molar refractivity (Wildman–Crippen MR) is 79.1 cm³/mol. The smallest absolute Gasteiger partial charge is 0.00258 e. The molecule has 0 bridgehead atoms. The minimum atomic E-state index is 0.756. The molecule has 1 aromatic carbocycles. The predicted octanol–water partition coefficient (Wildman–Crippen LogP) is 4.13. The van der Waals surface area contributed by atoms with Crippen LogP contribution in [0.3, 0.4) is 0 Å². The van der Waals surface area contributed by atoms with Gasteiger partial charge < -0.3 is 5.32 Å². The Hall–Kier alpha value is -0.820. The fraction of sp³-hybridized carbons (Fsp3) is 0.647. The van der Waals surface area contributed by atoms with Crippen molar-refractivity contribution in [3.05, 3.63) is 35.4 Å². The lowest BCUT2D eigenvalue weighted by Gasteiger charge is -2.26. The van der Waals surface area contributed by atoms with Crippen LogP contribution in [0.4, 0.5) is 0 Å². The van der Waals surface area contributed by atoms with Crippen molar-refractivity contribution in [1.29, 1.82) is 0 Å². The van der Waals surface area contributed by atoms with Crippen molar-refractivity contribution in [2.45, 2.75) is 51.9 Å². The van der Waals surface area contributed by atoms with Crippen molar-refractivity contribution in [2.75, 3.05) is 13.1 Å². The maximum absolute atomic E-state index is 3.51. The minimum Gasteiger partial charge on any atom is -0.316 e. The van der Waals surface area contributed by atoms with Crippen LogP contribution < -0.4 is 5.32 Å². The summed E-state index contributed by atoms with van der Waals surface area (Å²) in [5, 5.41) is 3.51. The van der Waals surface area contributed by atoms with Crippen molar-refractivity contribution in [3.8, 4) is 0 Å². The molecule has 0 atom stereocenters. The third-order valence-electron chi connectivity index (χ3n) is 3.90. The quantitative estimate of drug-likeness (QED) is 0.712. The second kappa shape index (κ2) is 6.94. The van der Waals surface area contributed by atoms with E-state index in [1.54, 1.807) is 5.56 Å². The van der Waals surface area contributed by atoms with E-state index >= 15 is 0 Å².